The highest BCUT2D eigenvalue weighted by molar-refractivity contribution is 5.78. The molecule has 0 aromatic heterocycles. The number of rotatable bonds is 6. The number of amides is 1. The molecule has 1 heterocycles. The molecule has 0 aliphatic carbocycles. The monoisotopic (exact) mass is 309 g/mol. The number of hydrogen-bond donors (Lipinski definition) is 1. The van der Waals surface area contributed by atoms with Crippen molar-refractivity contribution in [3.63, 3.8) is 0 Å². The van der Waals surface area contributed by atoms with Crippen molar-refractivity contribution in [3.05, 3.63) is 30.1 Å². The van der Waals surface area contributed by atoms with Gasteiger partial charge in [0.25, 0.3) is 5.91 Å². The number of ether oxygens (including phenoxy) is 1. The molecule has 0 spiro atoms. The predicted molar refractivity (Wildman–Crippen MR) is 78.1 cm³/mol. The lowest BCUT2D eigenvalue weighted by molar-refractivity contribution is -0.141. The molecule has 1 aliphatic rings. The fraction of sp³-hybridized carbons (Fsp3) is 0.500. The summed E-state index contributed by atoms with van der Waals surface area (Å²) >= 11 is 0. The second-order valence-electron chi connectivity index (χ2n) is 5.39. The first-order chi connectivity index (χ1) is 10.6. The Morgan fingerprint density at radius 1 is 1.32 bits per heavy atom. The van der Waals surface area contributed by atoms with E-state index in [1.54, 1.807) is 17.0 Å². The number of likely N-dealkylation sites (tertiary alicyclic amines) is 1. The van der Waals surface area contributed by atoms with Crippen molar-refractivity contribution in [1.29, 1.82) is 0 Å². The maximum atomic E-state index is 13.5. The number of carboxylic acids is 1. The molecular formula is C16H20FNO4. The average molecular weight is 309 g/mol. The summed E-state index contributed by atoms with van der Waals surface area (Å²) in [6, 6.07) is 5.87. The van der Waals surface area contributed by atoms with Crippen molar-refractivity contribution in [2.24, 2.45) is 0 Å². The van der Waals surface area contributed by atoms with Gasteiger partial charge in [-0.05, 0) is 37.8 Å². The van der Waals surface area contributed by atoms with E-state index in [1.807, 2.05) is 0 Å². The number of hydrogen-bond acceptors (Lipinski definition) is 3. The summed E-state index contributed by atoms with van der Waals surface area (Å²) in [4.78, 5) is 24.6. The van der Waals surface area contributed by atoms with Crippen molar-refractivity contribution in [1.82, 2.24) is 4.90 Å². The van der Waals surface area contributed by atoms with Gasteiger partial charge in [0.05, 0.1) is 0 Å². The second-order valence-corrected chi connectivity index (χ2v) is 5.39. The number of halogens is 1. The van der Waals surface area contributed by atoms with Crippen LogP contribution in [0.1, 0.15) is 32.1 Å². The summed E-state index contributed by atoms with van der Waals surface area (Å²) in [5, 5.41) is 8.78. The number of para-hydroxylation sites is 1. The van der Waals surface area contributed by atoms with Gasteiger partial charge in [-0.25, -0.2) is 4.39 Å². The average Bonchev–Trinajstić information content (AvgIpc) is 2.52. The van der Waals surface area contributed by atoms with Crippen LogP contribution in [0.3, 0.4) is 0 Å². The molecule has 1 saturated heterocycles. The number of aliphatic carboxylic acids is 1. The highest BCUT2D eigenvalue weighted by Gasteiger charge is 2.27. The number of carboxylic acid groups (broad SMARTS) is 1. The van der Waals surface area contributed by atoms with E-state index in [0.717, 1.165) is 19.3 Å². The minimum absolute atomic E-state index is 0.0443. The van der Waals surface area contributed by atoms with Gasteiger partial charge in [0.1, 0.15) is 0 Å². The van der Waals surface area contributed by atoms with Crippen LogP contribution in [0.25, 0.3) is 0 Å². The van der Waals surface area contributed by atoms with Gasteiger partial charge in [-0.3, -0.25) is 9.59 Å². The topological polar surface area (TPSA) is 66.8 Å². The lowest BCUT2D eigenvalue weighted by Gasteiger charge is -2.35. The Morgan fingerprint density at radius 3 is 2.82 bits per heavy atom. The molecule has 1 aromatic carbocycles. The highest BCUT2D eigenvalue weighted by Crippen LogP contribution is 2.22. The van der Waals surface area contributed by atoms with E-state index >= 15 is 0 Å². The quantitative estimate of drug-likeness (QED) is 0.876. The van der Waals surface area contributed by atoms with E-state index in [-0.39, 0.29) is 30.7 Å². The zero-order valence-electron chi connectivity index (χ0n) is 12.3. The van der Waals surface area contributed by atoms with Crippen LogP contribution in [0.4, 0.5) is 4.39 Å². The van der Waals surface area contributed by atoms with Gasteiger partial charge >= 0.3 is 5.97 Å². The molecular weight excluding hydrogens is 289 g/mol. The molecule has 2 rings (SSSR count). The molecule has 120 valence electrons. The standard InChI is InChI=1S/C16H20FNO4/c17-13-6-1-2-7-14(13)22-11-15(19)18-10-4-3-5-12(18)8-9-16(20)21/h1-2,6-7,12H,3-5,8-11H2,(H,20,21)/t12-/m1/s1. The third-order valence-electron chi connectivity index (χ3n) is 3.83. The molecule has 1 amide bonds. The van der Waals surface area contributed by atoms with Crippen LogP contribution in [0.2, 0.25) is 0 Å². The summed E-state index contributed by atoms with van der Waals surface area (Å²) in [7, 11) is 0. The van der Waals surface area contributed by atoms with E-state index in [4.69, 9.17) is 9.84 Å². The summed E-state index contributed by atoms with van der Waals surface area (Å²) in [5.74, 6) is -1.54. The molecule has 1 atom stereocenters. The Kier molecular flexibility index (Phi) is 5.75. The number of nitrogens with zero attached hydrogens (tertiary/aromatic N) is 1. The number of piperidine rings is 1. The zero-order chi connectivity index (χ0) is 15.9. The normalized spacial score (nSPS) is 18.0. The molecule has 22 heavy (non-hydrogen) atoms. The number of carbonyl (C=O) groups is 2. The Morgan fingerprint density at radius 2 is 2.09 bits per heavy atom. The Balaban J connectivity index is 1.91. The van der Waals surface area contributed by atoms with Crippen LogP contribution in [0.15, 0.2) is 24.3 Å². The minimum Gasteiger partial charge on any atom is -0.481 e. The lowest BCUT2D eigenvalue weighted by atomic mass is 9.98. The fourth-order valence-electron chi connectivity index (χ4n) is 2.70. The molecule has 5 nitrogen and oxygen atoms in total. The molecule has 1 aromatic rings. The number of benzene rings is 1. The van der Waals surface area contributed by atoms with Gasteiger partial charge < -0.3 is 14.7 Å². The summed E-state index contributed by atoms with van der Waals surface area (Å²) in [5.41, 5.74) is 0. The predicted octanol–water partition coefficient (Wildman–Crippen LogP) is 2.45. The third kappa shape index (κ3) is 4.44. The summed E-state index contributed by atoms with van der Waals surface area (Å²) in [6.45, 7) is 0.369. The van der Waals surface area contributed by atoms with Crippen LogP contribution >= 0.6 is 0 Å². The van der Waals surface area contributed by atoms with Gasteiger partial charge in [0.15, 0.2) is 18.2 Å². The van der Waals surface area contributed by atoms with Crippen molar-refractivity contribution in [2.45, 2.75) is 38.1 Å². The first-order valence-electron chi connectivity index (χ1n) is 7.46. The van der Waals surface area contributed by atoms with E-state index in [0.29, 0.717) is 13.0 Å². The molecule has 6 heteroatoms. The van der Waals surface area contributed by atoms with Crippen LogP contribution in [0, 0.1) is 5.82 Å². The third-order valence-corrected chi connectivity index (χ3v) is 3.83. The van der Waals surface area contributed by atoms with Gasteiger partial charge in [-0.15, -0.1) is 0 Å². The van der Waals surface area contributed by atoms with Crippen molar-refractivity contribution in [2.75, 3.05) is 13.2 Å². The highest BCUT2D eigenvalue weighted by atomic mass is 19.1. The molecule has 0 bridgehead atoms. The molecule has 0 unspecified atom stereocenters. The Bertz CT molecular complexity index is 535. The van der Waals surface area contributed by atoms with E-state index < -0.39 is 11.8 Å². The molecule has 1 fully saturated rings. The van der Waals surface area contributed by atoms with E-state index in [1.165, 1.54) is 12.1 Å². The SMILES string of the molecule is O=C(O)CC[C@H]1CCCCN1C(=O)COc1ccccc1F. The summed E-state index contributed by atoms with van der Waals surface area (Å²) in [6.07, 6.45) is 3.18. The van der Waals surface area contributed by atoms with E-state index in [9.17, 15) is 14.0 Å². The van der Waals surface area contributed by atoms with Gasteiger partial charge in [-0.2, -0.15) is 0 Å². The zero-order valence-corrected chi connectivity index (χ0v) is 12.3. The fourth-order valence-corrected chi connectivity index (χ4v) is 2.70. The smallest absolute Gasteiger partial charge is 0.303 e. The maximum absolute atomic E-state index is 13.5. The first-order valence-corrected chi connectivity index (χ1v) is 7.46. The van der Waals surface area contributed by atoms with Crippen molar-refractivity contribution >= 4 is 11.9 Å². The largest absolute Gasteiger partial charge is 0.481 e. The molecule has 0 saturated carbocycles. The van der Waals surface area contributed by atoms with Crippen molar-refractivity contribution < 1.29 is 23.8 Å². The second kappa shape index (κ2) is 7.77. The Labute approximate surface area is 128 Å². The lowest BCUT2D eigenvalue weighted by Crippen LogP contribution is -2.46. The Hall–Kier alpha value is -2.11. The van der Waals surface area contributed by atoms with Gasteiger partial charge in [0, 0.05) is 19.0 Å². The molecule has 1 N–H and O–H groups in total. The van der Waals surface area contributed by atoms with Gasteiger partial charge in [0.2, 0.25) is 0 Å². The molecule has 1 aliphatic heterocycles. The first kappa shape index (κ1) is 16.3. The summed E-state index contributed by atoms with van der Waals surface area (Å²) < 4.78 is 18.7. The van der Waals surface area contributed by atoms with Crippen LogP contribution in [0.5, 0.6) is 5.75 Å². The van der Waals surface area contributed by atoms with E-state index in [2.05, 4.69) is 0 Å². The van der Waals surface area contributed by atoms with Gasteiger partial charge in [-0.1, -0.05) is 12.1 Å². The van der Waals surface area contributed by atoms with Crippen LogP contribution in [-0.2, 0) is 9.59 Å². The molecule has 0 radical (unpaired) electrons. The maximum Gasteiger partial charge on any atom is 0.303 e. The number of carbonyl (C=O) groups excluding carboxylic acids is 1. The van der Waals surface area contributed by atoms with Crippen LogP contribution < -0.4 is 4.74 Å². The minimum atomic E-state index is -0.861. The van der Waals surface area contributed by atoms with Crippen LogP contribution in [-0.4, -0.2) is 41.1 Å². The van der Waals surface area contributed by atoms with Crippen molar-refractivity contribution in [3.8, 4) is 5.75 Å².